The van der Waals surface area contributed by atoms with Gasteiger partial charge in [-0.1, -0.05) is 37.3 Å². The molecule has 0 heterocycles. The predicted octanol–water partition coefficient (Wildman–Crippen LogP) is 1.52. The van der Waals surface area contributed by atoms with Gasteiger partial charge in [-0.05, 0) is 32.0 Å². The minimum Gasteiger partial charge on any atom is -0.395 e. The Morgan fingerprint density at radius 3 is 2.61 bits per heavy atom. The fourth-order valence-corrected chi connectivity index (χ4v) is 1.97. The molecule has 3 nitrogen and oxygen atoms in total. The van der Waals surface area contributed by atoms with E-state index in [9.17, 15) is 5.11 Å². The molecule has 0 radical (unpaired) electrons. The van der Waals surface area contributed by atoms with Gasteiger partial charge in [0.05, 0.1) is 6.61 Å². The zero-order chi connectivity index (χ0) is 13.2. The van der Waals surface area contributed by atoms with Gasteiger partial charge in [0, 0.05) is 19.1 Å². The van der Waals surface area contributed by atoms with Crippen molar-refractivity contribution in [2.24, 2.45) is 0 Å². The van der Waals surface area contributed by atoms with E-state index in [2.05, 4.69) is 48.5 Å². The predicted molar refractivity (Wildman–Crippen MR) is 76.8 cm³/mol. The van der Waals surface area contributed by atoms with Crippen LogP contribution in [-0.2, 0) is 6.42 Å². The zero-order valence-corrected chi connectivity index (χ0v) is 11.6. The third-order valence-corrected chi connectivity index (χ3v) is 3.06. The van der Waals surface area contributed by atoms with Gasteiger partial charge in [-0.3, -0.25) is 0 Å². The van der Waals surface area contributed by atoms with Crippen LogP contribution in [0.2, 0.25) is 0 Å². The van der Waals surface area contributed by atoms with Gasteiger partial charge in [-0.2, -0.15) is 0 Å². The van der Waals surface area contributed by atoms with Crippen molar-refractivity contribution in [3.8, 4) is 0 Å². The Morgan fingerprint density at radius 2 is 2.00 bits per heavy atom. The van der Waals surface area contributed by atoms with E-state index < -0.39 is 0 Å². The molecule has 0 aromatic heterocycles. The van der Waals surface area contributed by atoms with Gasteiger partial charge < -0.3 is 15.3 Å². The summed E-state index contributed by atoms with van der Waals surface area (Å²) >= 11 is 0. The van der Waals surface area contributed by atoms with Crippen LogP contribution >= 0.6 is 0 Å². The van der Waals surface area contributed by atoms with Crippen LogP contribution in [0.5, 0.6) is 0 Å². The fraction of sp³-hybridized carbons (Fsp3) is 0.600. The lowest BCUT2D eigenvalue weighted by Gasteiger charge is -2.23. The molecule has 1 aromatic carbocycles. The quantitative estimate of drug-likeness (QED) is 0.697. The van der Waals surface area contributed by atoms with Gasteiger partial charge in [0.15, 0.2) is 0 Å². The second kappa shape index (κ2) is 9.09. The Bertz CT molecular complexity index is 303. The number of nitrogens with zero attached hydrogens (tertiary/aromatic N) is 1. The minimum atomic E-state index is 0.186. The van der Waals surface area contributed by atoms with Crippen LogP contribution in [0.3, 0.4) is 0 Å². The summed E-state index contributed by atoms with van der Waals surface area (Å²) in [6.45, 7) is 5.23. The third kappa shape index (κ3) is 6.15. The van der Waals surface area contributed by atoms with Gasteiger partial charge in [0.25, 0.3) is 0 Å². The molecule has 0 saturated carbocycles. The van der Waals surface area contributed by atoms with Gasteiger partial charge in [-0.15, -0.1) is 0 Å². The molecule has 0 saturated heterocycles. The van der Waals surface area contributed by atoms with E-state index in [4.69, 9.17) is 0 Å². The van der Waals surface area contributed by atoms with E-state index in [-0.39, 0.29) is 12.6 Å². The molecule has 0 fully saturated rings. The fourth-order valence-electron chi connectivity index (χ4n) is 1.97. The van der Waals surface area contributed by atoms with Crippen molar-refractivity contribution in [3.63, 3.8) is 0 Å². The van der Waals surface area contributed by atoms with E-state index in [1.807, 2.05) is 6.07 Å². The molecule has 0 aliphatic carbocycles. The molecule has 1 atom stereocenters. The number of rotatable bonds is 9. The van der Waals surface area contributed by atoms with Crippen LogP contribution < -0.4 is 5.32 Å². The van der Waals surface area contributed by atoms with Crippen molar-refractivity contribution in [1.29, 1.82) is 0 Å². The molecule has 0 aliphatic heterocycles. The van der Waals surface area contributed by atoms with Gasteiger partial charge >= 0.3 is 0 Å². The van der Waals surface area contributed by atoms with E-state index >= 15 is 0 Å². The number of likely N-dealkylation sites (N-methyl/N-ethyl adjacent to an activating group) is 1. The maximum Gasteiger partial charge on any atom is 0.0597 e. The molecule has 0 spiro atoms. The van der Waals surface area contributed by atoms with E-state index in [1.54, 1.807) is 0 Å². The van der Waals surface area contributed by atoms with Crippen LogP contribution in [0.15, 0.2) is 30.3 Å². The third-order valence-electron chi connectivity index (χ3n) is 3.06. The van der Waals surface area contributed by atoms with Crippen LogP contribution in [-0.4, -0.2) is 49.3 Å². The number of aliphatic hydroxyl groups is 1. The maximum atomic E-state index is 9.30. The molecular formula is C15H26N2O. The molecule has 0 amide bonds. The second-order valence-electron chi connectivity index (χ2n) is 4.83. The molecule has 18 heavy (non-hydrogen) atoms. The first kappa shape index (κ1) is 15.2. The first-order valence-corrected chi connectivity index (χ1v) is 6.83. The van der Waals surface area contributed by atoms with Crippen LogP contribution in [0, 0.1) is 0 Å². The summed E-state index contributed by atoms with van der Waals surface area (Å²) in [5.74, 6) is 0. The molecule has 0 aliphatic rings. The van der Waals surface area contributed by atoms with Crippen molar-refractivity contribution >= 4 is 0 Å². The van der Waals surface area contributed by atoms with Crippen LogP contribution in [0.1, 0.15) is 18.9 Å². The van der Waals surface area contributed by atoms with Gasteiger partial charge in [0.2, 0.25) is 0 Å². The Kier molecular flexibility index (Phi) is 7.65. The summed E-state index contributed by atoms with van der Waals surface area (Å²) in [6.07, 6.45) is 2.16. The smallest absolute Gasteiger partial charge is 0.0597 e. The highest BCUT2D eigenvalue weighted by molar-refractivity contribution is 5.14. The van der Waals surface area contributed by atoms with Crippen molar-refractivity contribution < 1.29 is 5.11 Å². The zero-order valence-electron chi connectivity index (χ0n) is 11.6. The van der Waals surface area contributed by atoms with Crippen LogP contribution in [0.25, 0.3) is 0 Å². The van der Waals surface area contributed by atoms with Crippen molar-refractivity contribution in [1.82, 2.24) is 10.2 Å². The Morgan fingerprint density at radius 1 is 1.28 bits per heavy atom. The normalized spacial score (nSPS) is 12.9. The summed E-state index contributed by atoms with van der Waals surface area (Å²) in [4.78, 5) is 2.27. The molecule has 1 unspecified atom stereocenters. The lowest BCUT2D eigenvalue weighted by atomic mass is 10.1. The lowest BCUT2D eigenvalue weighted by Crippen LogP contribution is -2.42. The number of aliphatic hydroxyl groups excluding tert-OH is 1. The van der Waals surface area contributed by atoms with Crippen LogP contribution in [0.4, 0.5) is 0 Å². The van der Waals surface area contributed by atoms with E-state index in [1.165, 1.54) is 5.56 Å². The molecular weight excluding hydrogens is 224 g/mol. The average Bonchev–Trinajstić information content (AvgIpc) is 2.42. The molecule has 102 valence electrons. The molecule has 1 aromatic rings. The number of hydrogen-bond donors (Lipinski definition) is 2. The van der Waals surface area contributed by atoms with Crippen molar-refractivity contribution in [2.75, 3.05) is 33.3 Å². The molecule has 3 heteroatoms. The van der Waals surface area contributed by atoms with Gasteiger partial charge in [-0.25, -0.2) is 0 Å². The highest BCUT2D eigenvalue weighted by atomic mass is 16.3. The number of benzene rings is 1. The van der Waals surface area contributed by atoms with E-state index in [0.717, 1.165) is 32.5 Å². The summed E-state index contributed by atoms with van der Waals surface area (Å²) < 4.78 is 0. The highest BCUT2D eigenvalue weighted by Gasteiger charge is 2.09. The van der Waals surface area contributed by atoms with Crippen molar-refractivity contribution in [2.45, 2.75) is 25.8 Å². The number of nitrogens with one attached hydrogen (secondary N) is 1. The first-order chi connectivity index (χ1) is 8.76. The minimum absolute atomic E-state index is 0.186. The first-order valence-electron chi connectivity index (χ1n) is 6.83. The second-order valence-corrected chi connectivity index (χ2v) is 4.83. The standard InChI is InChI=1S/C15H26N2O/c1-3-10-16-15(13-18)12-17(2)11-9-14-7-5-4-6-8-14/h4-8,15-16,18H,3,9-13H2,1-2H3. The summed E-state index contributed by atoms with van der Waals surface area (Å²) in [7, 11) is 2.11. The SMILES string of the molecule is CCCNC(CO)CN(C)CCc1ccccc1. The summed E-state index contributed by atoms with van der Waals surface area (Å²) in [6, 6.07) is 10.7. The Hall–Kier alpha value is -0.900. The Balaban J connectivity index is 2.25. The number of hydrogen-bond acceptors (Lipinski definition) is 3. The van der Waals surface area contributed by atoms with Gasteiger partial charge in [0.1, 0.15) is 0 Å². The molecule has 2 N–H and O–H groups in total. The molecule has 0 bridgehead atoms. The highest BCUT2D eigenvalue weighted by Crippen LogP contribution is 2.01. The monoisotopic (exact) mass is 250 g/mol. The maximum absolute atomic E-state index is 9.30. The lowest BCUT2D eigenvalue weighted by molar-refractivity contribution is 0.199. The topological polar surface area (TPSA) is 35.5 Å². The average molecular weight is 250 g/mol. The summed E-state index contributed by atoms with van der Waals surface area (Å²) in [5, 5.41) is 12.7. The summed E-state index contributed by atoms with van der Waals surface area (Å²) in [5.41, 5.74) is 1.37. The Labute approximate surface area is 111 Å². The van der Waals surface area contributed by atoms with E-state index in [0.29, 0.717) is 0 Å². The molecule has 1 rings (SSSR count). The van der Waals surface area contributed by atoms with Crippen molar-refractivity contribution in [3.05, 3.63) is 35.9 Å². The largest absolute Gasteiger partial charge is 0.395 e.